The van der Waals surface area contributed by atoms with Crippen LogP contribution in [0, 0.1) is 46.8 Å². The number of carbonyl (C=O) groups is 2. The van der Waals surface area contributed by atoms with Gasteiger partial charge in [0.2, 0.25) is 5.91 Å². The van der Waals surface area contributed by atoms with Crippen molar-refractivity contribution in [3.8, 4) is 0 Å². The molecule has 4 bridgehead atoms. The van der Waals surface area contributed by atoms with E-state index in [2.05, 4.69) is 9.88 Å². The van der Waals surface area contributed by atoms with Gasteiger partial charge in [-0.3, -0.25) is 9.59 Å². The minimum absolute atomic E-state index is 0.0387. The molecule has 6 saturated carbocycles. The van der Waals surface area contributed by atoms with Gasteiger partial charge < -0.3 is 14.5 Å². The van der Waals surface area contributed by atoms with Crippen molar-refractivity contribution in [1.82, 2.24) is 4.98 Å². The van der Waals surface area contributed by atoms with Crippen molar-refractivity contribution < 1.29 is 14.3 Å². The Kier molecular flexibility index (Phi) is 2.53. The molecule has 0 spiro atoms. The maximum atomic E-state index is 13.6. The number of hydrogen-bond acceptors (Lipinski definition) is 5. The van der Waals surface area contributed by atoms with Crippen LogP contribution in [0.15, 0.2) is 18.3 Å². The number of ether oxygens (including phenoxy) is 1. The van der Waals surface area contributed by atoms with Gasteiger partial charge in [-0.15, -0.1) is 0 Å². The van der Waals surface area contributed by atoms with Crippen LogP contribution < -0.4 is 9.80 Å². The van der Waals surface area contributed by atoms with Crippen LogP contribution in [0.25, 0.3) is 0 Å². The molecule has 1 aliphatic heterocycles. The lowest BCUT2D eigenvalue weighted by Crippen LogP contribution is -2.75. The number of pyridine rings is 1. The highest BCUT2D eigenvalue weighted by Crippen LogP contribution is 2.92. The number of rotatable bonds is 3. The largest absolute Gasteiger partial charge is 0.378 e. The number of ketones is 1. The summed E-state index contributed by atoms with van der Waals surface area (Å²) in [6, 6.07) is 3.98. The standard InChI is InChI=1S/C21H23N3O3/c1-23(10-2-3-13(22-9-10)24-4-6-27-7-5-24)20(26)21-16-12-8-11-14(16)18(21)19(25)15(11)17(12)21/h2-3,9,11-12,14-18H,4-8H2,1H3. The molecule has 2 heterocycles. The normalized spacial score (nSPS) is 47.2. The summed E-state index contributed by atoms with van der Waals surface area (Å²) in [6.07, 6.45) is 3.01. The lowest BCUT2D eigenvalue weighted by atomic mass is 9.31. The monoisotopic (exact) mass is 365 g/mol. The van der Waals surface area contributed by atoms with Crippen molar-refractivity contribution in [2.45, 2.75) is 6.42 Å². The average molecular weight is 365 g/mol. The molecule has 6 heteroatoms. The van der Waals surface area contributed by atoms with Crippen molar-refractivity contribution in [3.63, 3.8) is 0 Å². The fraction of sp³-hybridized carbons (Fsp3) is 0.667. The first kappa shape index (κ1) is 15.0. The maximum Gasteiger partial charge on any atom is 0.234 e. The topological polar surface area (TPSA) is 62.7 Å². The molecule has 6 aliphatic carbocycles. The van der Waals surface area contributed by atoms with Crippen molar-refractivity contribution in [2.24, 2.45) is 46.8 Å². The number of carbonyl (C=O) groups excluding carboxylic acids is 2. The van der Waals surface area contributed by atoms with Gasteiger partial charge >= 0.3 is 0 Å². The van der Waals surface area contributed by atoms with Crippen LogP contribution in [0.5, 0.6) is 0 Å². The van der Waals surface area contributed by atoms with Gasteiger partial charge in [0.15, 0.2) is 0 Å². The van der Waals surface area contributed by atoms with Crippen LogP contribution in [0.4, 0.5) is 11.5 Å². The Hall–Kier alpha value is -1.95. The molecule has 1 aromatic rings. The van der Waals surface area contributed by atoms with E-state index in [4.69, 9.17) is 4.74 Å². The van der Waals surface area contributed by atoms with Gasteiger partial charge in [-0.2, -0.15) is 0 Å². The second-order valence-electron chi connectivity index (χ2n) is 9.37. The molecule has 1 aromatic heterocycles. The van der Waals surface area contributed by atoms with Crippen LogP contribution in [0.2, 0.25) is 0 Å². The molecule has 1 saturated heterocycles. The summed E-state index contributed by atoms with van der Waals surface area (Å²) in [5.74, 6) is 4.46. The van der Waals surface area contributed by atoms with Crippen LogP contribution in [-0.2, 0) is 14.3 Å². The van der Waals surface area contributed by atoms with Crippen LogP contribution in [0.3, 0.4) is 0 Å². The summed E-state index contributed by atoms with van der Waals surface area (Å²) in [6.45, 7) is 3.16. The Morgan fingerprint density at radius 2 is 2.07 bits per heavy atom. The van der Waals surface area contributed by atoms with Crippen molar-refractivity contribution >= 4 is 23.2 Å². The zero-order valence-electron chi connectivity index (χ0n) is 15.4. The Morgan fingerprint density at radius 1 is 1.26 bits per heavy atom. The zero-order valence-corrected chi connectivity index (χ0v) is 15.4. The van der Waals surface area contributed by atoms with E-state index in [0.29, 0.717) is 35.4 Å². The molecule has 0 N–H and O–H groups in total. The van der Waals surface area contributed by atoms with Gasteiger partial charge in [-0.1, -0.05) is 0 Å². The van der Waals surface area contributed by atoms with E-state index in [9.17, 15) is 9.59 Å². The molecule has 0 aromatic carbocycles. The van der Waals surface area contributed by atoms with Gasteiger partial charge in [0.05, 0.1) is 30.5 Å². The van der Waals surface area contributed by atoms with E-state index in [0.717, 1.165) is 37.8 Å². The minimum atomic E-state index is -0.346. The lowest BCUT2D eigenvalue weighted by Gasteiger charge is -2.70. The average Bonchev–Trinajstić information content (AvgIpc) is 3.23. The van der Waals surface area contributed by atoms with Gasteiger partial charge in [-0.05, 0) is 48.1 Å². The van der Waals surface area contributed by atoms with Crippen LogP contribution in [0.1, 0.15) is 6.42 Å². The summed E-state index contributed by atoms with van der Waals surface area (Å²) in [5, 5.41) is 0. The van der Waals surface area contributed by atoms with Gasteiger partial charge in [0.1, 0.15) is 11.6 Å². The van der Waals surface area contributed by atoms with Gasteiger partial charge in [-0.25, -0.2) is 4.98 Å². The Labute approximate surface area is 157 Å². The Morgan fingerprint density at radius 3 is 2.78 bits per heavy atom. The van der Waals surface area contributed by atoms with E-state index in [1.54, 1.807) is 11.1 Å². The van der Waals surface area contributed by atoms with E-state index < -0.39 is 0 Å². The fourth-order valence-corrected chi connectivity index (χ4v) is 8.36. The highest BCUT2D eigenvalue weighted by molar-refractivity contribution is 6.09. The van der Waals surface area contributed by atoms with Gasteiger partial charge in [0, 0.05) is 32.0 Å². The Bertz CT molecular complexity index is 879. The third-order valence-electron chi connectivity index (χ3n) is 8.99. The first-order valence-electron chi connectivity index (χ1n) is 10.3. The van der Waals surface area contributed by atoms with E-state index >= 15 is 0 Å². The van der Waals surface area contributed by atoms with Crippen molar-refractivity contribution in [1.29, 1.82) is 0 Å². The molecular weight excluding hydrogens is 342 g/mol. The molecule has 27 heavy (non-hydrogen) atoms. The van der Waals surface area contributed by atoms with Crippen LogP contribution >= 0.6 is 0 Å². The Balaban J connectivity index is 1.17. The highest BCUT2D eigenvalue weighted by atomic mass is 16.5. The molecule has 8 atom stereocenters. The smallest absolute Gasteiger partial charge is 0.234 e. The molecular formula is C21H23N3O3. The number of anilines is 2. The third kappa shape index (κ3) is 1.38. The summed E-state index contributed by atoms with van der Waals surface area (Å²) in [7, 11) is 1.86. The number of Topliss-reactive ketones (excluding diaryl/α,β-unsaturated/α-hetero) is 1. The van der Waals surface area contributed by atoms with Crippen molar-refractivity contribution in [2.75, 3.05) is 43.2 Å². The predicted octanol–water partition coefficient (Wildman–Crippen LogP) is 1.21. The second-order valence-corrected chi connectivity index (χ2v) is 9.37. The molecule has 7 aliphatic rings. The quantitative estimate of drug-likeness (QED) is 0.806. The molecule has 140 valence electrons. The number of morpholine rings is 1. The zero-order chi connectivity index (χ0) is 18.1. The molecule has 8 unspecified atom stereocenters. The second kappa shape index (κ2) is 4.54. The number of hydrogen-bond donors (Lipinski definition) is 0. The maximum absolute atomic E-state index is 13.6. The SMILES string of the molecule is CN(C(=O)C12C3C(=O)C4C5CC(C41)C2C53)c1ccc(N2CCOCC2)nc1. The summed E-state index contributed by atoms with van der Waals surface area (Å²) < 4.78 is 5.40. The molecule has 7 fully saturated rings. The van der Waals surface area contributed by atoms with Crippen molar-refractivity contribution in [3.05, 3.63) is 18.3 Å². The predicted molar refractivity (Wildman–Crippen MR) is 97.2 cm³/mol. The minimum Gasteiger partial charge on any atom is -0.378 e. The van der Waals surface area contributed by atoms with E-state index in [-0.39, 0.29) is 23.2 Å². The summed E-state index contributed by atoms with van der Waals surface area (Å²) in [4.78, 5) is 34.9. The molecule has 0 radical (unpaired) electrons. The number of amides is 1. The van der Waals surface area contributed by atoms with Gasteiger partial charge in [0.25, 0.3) is 0 Å². The third-order valence-corrected chi connectivity index (χ3v) is 8.99. The summed E-state index contributed by atoms with van der Waals surface area (Å²) >= 11 is 0. The van der Waals surface area contributed by atoms with Crippen LogP contribution in [-0.4, -0.2) is 50.0 Å². The van der Waals surface area contributed by atoms with E-state index in [1.807, 2.05) is 19.2 Å². The van der Waals surface area contributed by atoms with E-state index in [1.165, 1.54) is 6.42 Å². The lowest BCUT2D eigenvalue weighted by molar-refractivity contribution is -0.246. The molecule has 8 rings (SSSR count). The molecule has 1 amide bonds. The first-order valence-corrected chi connectivity index (χ1v) is 10.3. The number of aromatic nitrogens is 1. The first-order chi connectivity index (χ1) is 13.2. The summed E-state index contributed by atoms with van der Waals surface area (Å²) in [5.41, 5.74) is 0.485. The number of nitrogens with zero attached hydrogens (tertiary/aromatic N) is 3. The fourth-order valence-electron chi connectivity index (χ4n) is 8.36. The highest BCUT2D eigenvalue weighted by Gasteiger charge is 2.96. The molecule has 6 nitrogen and oxygen atoms in total.